The summed E-state index contributed by atoms with van der Waals surface area (Å²) in [7, 11) is -10.6. The molecule has 5 aliphatic heterocycles. The molecule has 5 saturated heterocycles. The molecule has 648 valence electrons. The Balaban J connectivity index is 0.000000268. The van der Waals surface area contributed by atoms with Crippen molar-refractivity contribution in [1.29, 1.82) is 0 Å². The number of aromatic nitrogens is 2. The van der Waals surface area contributed by atoms with Crippen molar-refractivity contribution in [3.05, 3.63) is 63.3 Å². The van der Waals surface area contributed by atoms with Gasteiger partial charge in [0.15, 0.2) is 5.78 Å². The number of sulfonamides is 2. The molecule has 28 nitrogen and oxygen atoms in total. The lowest BCUT2D eigenvalue weighted by Gasteiger charge is -2.46. The van der Waals surface area contributed by atoms with Gasteiger partial charge in [-0.3, -0.25) is 9.93 Å². The summed E-state index contributed by atoms with van der Waals surface area (Å²) in [6, 6.07) is 11.0. The maximum Gasteiger partial charge on any atom is 0.407 e. The highest BCUT2D eigenvalue weighted by Crippen LogP contribution is 2.43. The van der Waals surface area contributed by atoms with E-state index in [1.165, 1.54) is 11.3 Å². The number of hydrogen-bond acceptors (Lipinski definition) is 23. The molecule has 2 aromatic carbocycles. The number of ketones is 1. The highest BCUT2D eigenvalue weighted by Gasteiger charge is 2.45. The van der Waals surface area contributed by atoms with Gasteiger partial charge in [0.2, 0.25) is 20.0 Å². The topological polar surface area (TPSA) is 398 Å². The minimum absolute atomic E-state index is 0. The summed E-state index contributed by atoms with van der Waals surface area (Å²) in [5.74, 6) is 2.14. The highest BCUT2D eigenvalue weighted by molar-refractivity contribution is 9.10. The maximum absolute atomic E-state index is 13.2. The molecule has 10 N–H and O–H groups in total. The fourth-order valence-electron chi connectivity index (χ4n) is 11.2. The first-order valence-corrected chi connectivity index (χ1v) is 48.0. The first-order chi connectivity index (χ1) is 53.0. The molecule has 2 aromatic heterocycles. The number of benzene rings is 2. The zero-order chi connectivity index (χ0) is 85.5. The second-order valence-corrected chi connectivity index (χ2v) is 46.0. The third-order valence-electron chi connectivity index (χ3n) is 19.4. The lowest BCUT2D eigenvalue weighted by atomic mass is 9.84. The molecular formula is C78H130BrN11O17S7. The van der Waals surface area contributed by atoms with Gasteiger partial charge in [-0.25, -0.2) is 63.2 Å². The van der Waals surface area contributed by atoms with Crippen LogP contribution in [0, 0.1) is 17.8 Å². The van der Waals surface area contributed by atoms with Crippen LogP contribution in [0.3, 0.4) is 0 Å². The van der Waals surface area contributed by atoms with Crippen LogP contribution in [0.5, 0.6) is 0 Å². The van der Waals surface area contributed by atoms with Crippen LogP contribution in [0.25, 0.3) is 20.9 Å². The molecule has 2 saturated carbocycles. The zero-order valence-electron chi connectivity index (χ0n) is 70.6. The molecule has 7 heterocycles. The Morgan fingerprint density at radius 2 is 0.982 bits per heavy atom. The molecule has 11 rings (SSSR count). The first-order valence-electron chi connectivity index (χ1n) is 39.1. The van der Waals surface area contributed by atoms with Crippen molar-refractivity contribution in [2.45, 2.75) is 274 Å². The second-order valence-electron chi connectivity index (χ2n) is 33.8. The summed E-state index contributed by atoms with van der Waals surface area (Å²) < 4.78 is 133. The predicted molar refractivity (Wildman–Crippen MR) is 462 cm³/mol. The van der Waals surface area contributed by atoms with E-state index in [9.17, 15) is 43.8 Å². The smallest absolute Gasteiger partial charge is 0.407 e. The molecule has 3 unspecified atom stereocenters. The second kappa shape index (κ2) is 44.9. The summed E-state index contributed by atoms with van der Waals surface area (Å²) in [6.45, 7) is 47.3. The maximum atomic E-state index is 13.2. The minimum Gasteiger partial charge on any atom is -0.447 e. The number of anilines is 1. The van der Waals surface area contributed by atoms with Gasteiger partial charge in [0.05, 0.1) is 153 Å². The third kappa shape index (κ3) is 31.4. The Bertz CT molecular complexity index is 4060. The highest BCUT2D eigenvalue weighted by atomic mass is 79.9. The van der Waals surface area contributed by atoms with Crippen LogP contribution in [0.1, 0.15) is 219 Å². The van der Waals surface area contributed by atoms with Gasteiger partial charge in [-0.15, -0.1) is 22.7 Å². The van der Waals surface area contributed by atoms with E-state index in [-0.39, 0.29) is 88.8 Å². The molecule has 0 bridgehead atoms. The Morgan fingerprint density at radius 1 is 0.588 bits per heavy atom. The number of nitrogens with zero attached hydrogens (tertiary/aromatic N) is 3. The number of carbonyl (C=O) groups is 3. The molecule has 4 aromatic rings. The molecule has 0 spiro atoms. The molecule has 7 fully saturated rings. The van der Waals surface area contributed by atoms with Crippen LogP contribution in [0.2, 0.25) is 0 Å². The van der Waals surface area contributed by atoms with Crippen LogP contribution < -0.4 is 41.0 Å². The number of halogens is 1. The Hall–Kier alpha value is -4.19. The van der Waals surface area contributed by atoms with E-state index in [4.69, 9.17) is 44.3 Å². The predicted octanol–water partition coefficient (Wildman–Crippen LogP) is 12.9. The van der Waals surface area contributed by atoms with E-state index in [1.54, 1.807) is 49.7 Å². The van der Waals surface area contributed by atoms with Crippen molar-refractivity contribution >= 4 is 121 Å². The molecule has 3 atom stereocenters. The summed E-state index contributed by atoms with van der Waals surface area (Å²) >= 11 is 6.46. The van der Waals surface area contributed by atoms with Gasteiger partial charge in [-0.1, -0.05) is 83.5 Å². The fourth-order valence-corrected chi connectivity index (χ4v) is 18.3. The van der Waals surface area contributed by atoms with E-state index in [2.05, 4.69) is 102 Å². The van der Waals surface area contributed by atoms with Crippen molar-refractivity contribution < 1.29 is 77.0 Å². The average molecular weight is 1800 g/mol. The zero-order valence-corrected chi connectivity index (χ0v) is 77.9. The standard InChI is InChI=1S/C27H40N4O5S2.C21H28BrN3O4S2.C10H21NO2S.C7H13NO2S.C6H13NO.C4H11NOS.C3H4O2/c1-6-29-38(33,34)24-13-21(31-27(17(2)3)15-35-16-27)11-12-22(24)23-14-28-25(37-23)19-7-9-20(10-8-19)30-26(32)36-18(4)5;1-4-24-31(27,28)19-11-15(22)7-10-17(19)18-12-23-20(30-18)14-5-8-16(9-6-14)25-21(26)29-13(2)3;1-8(2)10(6-13-7-10)11-14(12)9(3,4)5;1-7(2,3)11(9)8-6-4-10-5-6;1-5(2)6(7)3-8-4-6;1-4(2,3)7(5)6;4-3-1-5-2-3/h11-14,17-20,29,31H,6-10,15-16H2,1-5H3,(H,30,32);7,10-14,16,24H,4-6,8-9H2,1-3H3,(H,25,26);8,11H,6-7H2,1-5H3;4-5H2,1-3H3;5H,3-4,7H2,1-2H3;5H2,1-3H3;1-2H2. The quantitative estimate of drug-likeness (QED) is 0.0362. The first kappa shape index (κ1) is 100. The third-order valence-corrected chi connectivity index (χ3v) is 29.9. The van der Waals surface area contributed by atoms with Crippen molar-refractivity contribution in [1.82, 2.24) is 34.8 Å². The molecule has 2 amide bonds. The Kier molecular flexibility index (Phi) is 39.5. The monoisotopic (exact) mass is 1800 g/mol. The van der Waals surface area contributed by atoms with Crippen LogP contribution >= 0.6 is 38.6 Å². The van der Waals surface area contributed by atoms with E-state index in [0.717, 1.165) is 95.7 Å². The van der Waals surface area contributed by atoms with Crippen LogP contribution in [-0.4, -0.2) is 197 Å². The molecule has 7 aliphatic rings. The average Bonchev–Trinajstić information content (AvgIpc) is 1.15. The van der Waals surface area contributed by atoms with Gasteiger partial charge < -0.3 is 54.8 Å². The fraction of sp³-hybridized carbons (Fsp3) is 0.718. The van der Waals surface area contributed by atoms with Gasteiger partial charge in [0.1, 0.15) is 24.2 Å². The van der Waals surface area contributed by atoms with Gasteiger partial charge in [-0.05, 0) is 183 Å². The normalized spacial score (nSPS) is 21.0. The largest absolute Gasteiger partial charge is 0.447 e. The molecular weight excluding hydrogens is 1670 g/mol. The number of nitrogens with two attached hydrogens (primary N) is 2. The summed E-state index contributed by atoms with van der Waals surface area (Å²) in [4.78, 5) is 45.0. The van der Waals surface area contributed by atoms with Crippen LogP contribution in [0.4, 0.5) is 15.3 Å². The number of ether oxygens (including phenoxy) is 7. The number of Topliss-reactive ketones (excluding diaryl/α,β-unsaturated/α-hetero) is 1. The molecule has 36 heteroatoms. The lowest BCUT2D eigenvalue weighted by Crippen LogP contribution is -2.65. The SMILES string of the molecule is CC(C)(C)S(=O)N=C1COC1.CC(C)(C)S(N)=O.CC(C)C1(N)COC1.CC(C)C1(NS(=O)C(C)(C)C)COC1.CCNS(=O)(=O)c1cc(Br)ccc1-c1cnc(C2CCC(NC(=O)OC(C)C)CC2)s1.CCNS(=O)(=O)c1cc(NC2(C(C)C)COC2)ccc1-c1cnc(C2CCC(NC(=O)OC(C)C)CC2)s1.O=C1COC1. The van der Waals surface area contributed by atoms with Gasteiger partial charge >= 0.3 is 12.2 Å². The lowest BCUT2D eigenvalue weighted by molar-refractivity contribution is -0.140. The van der Waals surface area contributed by atoms with E-state index in [0.29, 0.717) is 105 Å². The number of thiazole rings is 2. The van der Waals surface area contributed by atoms with Crippen molar-refractivity contribution in [2.24, 2.45) is 33.0 Å². The number of rotatable bonds is 22. The van der Waals surface area contributed by atoms with E-state index < -0.39 is 53.0 Å². The number of carbonyl (C=O) groups excluding carboxylic acids is 3. The number of alkyl carbamates (subject to hydrolysis) is 2. The number of hydrogen-bond donors (Lipinski definition) is 8. The van der Waals surface area contributed by atoms with E-state index >= 15 is 0 Å². The molecule has 0 radical (unpaired) electrons. The van der Waals surface area contributed by atoms with E-state index in [1.807, 2.05) is 114 Å². The molecule has 2 aliphatic carbocycles. The summed E-state index contributed by atoms with van der Waals surface area (Å²) in [6.07, 6.45) is 9.64. The summed E-state index contributed by atoms with van der Waals surface area (Å²) in [5, 5.41) is 16.5. The van der Waals surface area contributed by atoms with Gasteiger partial charge in [0.25, 0.3) is 0 Å². The van der Waals surface area contributed by atoms with Crippen LogP contribution in [0.15, 0.2) is 67.5 Å². The minimum atomic E-state index is -3.71. The Morgan fingerprint density at radius 3 is 1.27 bits per heavy atom. The van der Waals surface area contributed by atoms with Crippen LogP contribution in [-0.2, 0) is 91.0 Å². The van der Waals surface area contributed by atoms with Gasteiger partial charge in [0, 0.05) is 70.7 Å². The number of amides is 2. The van der Waals surface area contributed by atoms with Crippen molar-refractivity contribution in [3.63, 3.8) is 0 Å². The number of nitrogens with one attached hydrogen (secondary N) is 6. The molecule has 114 heavy (non-hydrogen) atoms. The summed E-state index contributed by atoms with van der Waals surface area (Å²) in [5.41, 5.74) is 8.53. The van der Waals surface area contributed by atoms with Gasteiger partial charge in [-0.2, -0.15) is 4.40 Å². The Labute approximate surface area is 702 Å². The van der Waals surface area contributed by atoms with Crippen molar-refractivity contribution in [2.75, 3.05) is 84.5 Å². The van der Waals surface area contributed by atoms with Crippen molar-refractivity contribution in [3.8, 4) is 20.9 Å².